The summed E-state index contributed by atoms with van der Waals surface area (Å²) < 4.78 is 7.23. The molecule has 0 saturated heterocycles. The zero-order valence-electron chi connectivity index (χ0n) is 14.5. The molecule has 27 heavy (non-hydrogen) atoms. The normalized spacial score (nSPS) is 13.1. The average Bonchev–Trinajstić information content (AvgIpc) is 3.07. The quantitative estimate of drug-likeness (QED) is 0.439. The van der Waals surface area contributed by atoms with E-state index >= 15 is 0 Å². The number of benzene rings is 1. The number of carbonyl (C=O) groups is 1. The van der Waals surface area contributed by atoms with Crippen LogP contribution in [-0.4, -0.2) is 31.9 Å². The van der Waals surface area contributed by atoms with Gasteiger partial charge in [0.1, 0.15) is 6.54 Å². The van der Waals surface area contributed by atoms with Gasteiger partial charge in [-0.15, -0.1) is 0 Å². The van der Waals surface area contributed by atoms with E-state index in [-0.39, 0.29) is 12.5 Å². The number of nitrogens with zero attached hydrogens (tertiary/aromatic N) is 4. The van der Waals surface area contributed by atoms with Gasteiger partial charge in [0.2, 0.25) is 5.78 Å². The number of ether oxygens (including phenoxy) is 1. The summed E-state index contributed by atoms with van der Waals surface area (Å²) in [6, 6.07) is 11.5. The number of rotatable bonds is 2. The fraction of sp³-hybridized carbons (Fsp3) is 0.100. The van der Waals surface area contributed by atoms with Crippen molar-refractivity contribution in [1.29, 1.82) is 0 Å². The zero-order chi connectivity index (χ0) is 18.4. The second-order valence-electron chi connectivity index (χ2n) is 6.32. The Kier molecular flexibility index (Phi) is 3.39. The van der Waals surface area contributed by atoms with Crippen molar-refractivity contribution in [2.75, 3.05) is 11.9 Å². The molecule has 7 heteroatoms. The molecule has 0 saturated carbocycles. The van der Waals surface area contributed by atoms with Crippen LogP contribution in [0, 0.1) is 6.92 Å². The number of hydrogen-bond donors (Lipinski definition) is 1. The average molecular weight is 357 g/mol. The van der Waals surface area contributed by atoms with Crippen LogP contribution in [0.1, 0.15) is 5.69 Å². The van der Waals surface area contributed by atoms with Gasteiger partial charge in [-0.2, -0.15) is 0 Å². The second kappa shape index (κ2) is 5.91. The Morgan fingerprint density at radius 1 is 1.11 bits per heavy atom. The summed E-state index contributed by atoms with van der Waals surface area (Å²) in [6.45, 7) is 2.11. The summed E-state index contributed by atoms with van der Waals surface area (Å²) >= 11 is 0. The van der Waals surface area contributed by atoms with Crippen molar-refractivity contribution in [1.82, 2.24) is 19.4 Å². The van der Waals surface area contributed by atoms with Gasteiger partial charge in [0, 0.05) is 35.4 Å². The lowest BCUT2D eigenvalue weighted by atomic mass is 10.0. The highest BCUT2D eigenvalue weighted by molar-refractivity contribution is 5.87. The third-order valence-electron chi connectivity index (χ3n) is 4.47. The second-order valence-corrected chi connectivity index (χ2v) is 6.32. The summed E-state index contributed by atoms with van der Waals surface area (Å²) in [4.78, 5) is 24.9. The van der Waals surface area contributed by atoms with Gasteiger partial charge in [-0.05, 0) is 43.3 Å². The van der Waals surface area contributed by atoms with Gasteiger partial charge in [-0.3, -0.25) is 9.38 Å². The number of hydrogen-bond acceptors (Lipinski definition) is 6. The summed E-state index contributed by atoms with van der Waals surface area (Å²) in [7, 11) is 0. The van der Waals surface area contributed by atoms with Crippen LogP contribution in [0.15, 0.2) is 55.0 Å². The third-order valence-corrected chi connectivity index (χ3v) is 4.47. The number of carbonyl (C=O) groups excluding carboxylic acids is 1. The first-order valence-electron chi connectivity index (χ1n) is 8.54. The molecule has 0 bridgehead atoms. The van der Waals surface area contributed by atoms with Gasteiger partial charge >= 0.3 is 5.97 Å². The number of esters is 1. The SMILES string of the molecule is Cc1cc(-c2c(-c3ccc4c(c3)NCC(=O)O4)nc3ncccn23)ccn1. The fourth-order valence-corrected chi connectivity index (χ4v) is 3.29. The smallest absolute Gasteiger partial charge is 0.330 e. The monoisotopic (exact) mass is 357 g/mol. The molecule has 0 fully saturated rings. The van der Waals surface area contributed by atoms with Gasteiger partial charge in [0.05, 0.1) is 17.1 Å². The maximum Gasteiger partial charge on any atom is 0.330 e. The van der Waals surface area contributed by atoms with Crippen LogP contribution in [0.2, 0.25) is 0 Å². The fourth-order valence-electron chi connectivity index (χ4n) is 3.29. The molecular formula is C20H15N5O2. The summed E-state index contributed by atoms with van der Waals surface area (Å²) in [5.74, 6) is 0.854. The van der Waals surface area contributed by atoms with Crippen LogP contribution < -0.4 is 10.1 Å². The van der Waals surface area contributed by atoms with Gasteiger partial charge in [-0.1, -0.05) is 0 Å². The summed E-state index contributed by atoms with van der Waals surface area (Å²) in [5, 5.41) is 3.09. The molecule has 3 aromatic heterocycles. The van der Waals surface area contributed by atoms with E-state index in [1.165, 1.54) is 0 Å². The molecule has 1 N–H and O–H groups in total. The minimum atomic E-state index is -0.292. The zero-order valence-corrected chi connectivity index (χ0v) is 14.5. The molecule has 0 unspecified atom stereocenters. The predicted molar refractivity (Wildman–Crippen MR) is 101 cm³/mol. The maximum atomic E-state index is 11.5. The summed E-state index contributed by atoms with van der Waals surface area (Å²) in [5.41, 5.74) is 5.37. The van der Waals surface area contributed by atoms with Crippen LogP contribution in [0.25, 0.3) is 28.3 Å². The molecule has 0 spiro atoms. The predicted octanol–water partition coefficient (Wildman–Crippen LogP) is 3.10. The highest BCUT2D eigenvalue weighted by Gasteiger charge is 2.21. The Bertz CT molecular complexity index is 1200. The minimum Gasteiger partial charge on any atom is -0.423 e. The van der Waals surface area contributed by atoms with Crippen molar-refractivity contribution < 1.29 is 9.53 Å². The number of imidazole rings is 1. The van der Waals surface area contributed by atoms with E-state index < -0.39 is 0 Å². The van der Waals surface area contributed by atoms with Gasteiger partial charge < -0.3 is 10.1 Å². The van der Waals surface area contributed by atoms with Crippen molar-refractivity contribution in [3.8, 4) is 28.3 Å². The molecule has 132 valence electrons. The molecule has 7 nitrogen and oxygen atoms in total. The van der Waals surface area contributed by atoms with E-state index in [1.54, 1.807) is 18.5 Å². The van der Waals surface area contributed by atoms with Crippen LogP contribution >= 0.6 is 0 Å². The van der Waals surface area contributed by atoms with Crippen LogP contribution in [0.4, 0.5) is 5.69 Å². The van der Waals surface area contributed by atoms with E-state index in [0.717, 1.165) is 33.9 Å². The molecule has 1 aliphatic rings. The highest BCUT2D eigenvalue weighted by Crippen LogP contribution is 2.37. The molecule has 1 aromatic carbocycles. The van der Waals surface area contributed by atoms with Crippen molar-refractivity contribution in [3.63, 3.8) is 0 Å². The largest absolute Gasteiger partial charge is 0.423 e. The lowest BCUT2D eigenvalue weighted by molar-refractivity contribution is -0.132. The van der Waals surface area contributed by atoms with Gasteiger partial charge in [0.25, 0.3) is 0 Å². The van der Waals surface area contributed by atoms with E-state index in [1.807, 2.05) is 47.9 Å². The highest BCUT2D eigenvalue weighted by atomic mass is 16.5. The van der Waals surface area contributed by atoms with Crippen LogP contribution in [-0.2, 0) is 4.79 Å². The van der Waals surface area contributed by atoms with Gasteiger partial charge in [0.15, 0.2) is 5.75 Å². The molecule has 4 heterocycles. The molecule has 0 radical (unpaired) electrons. The van der Waals surface area contributed by atoms with E-state index in [2.05, 4.69) is 15.3 Å². The molecular weight excluding hydrogens is 342 g/mol. The van der Waals surface area contributed by atoms with Crippen molar-refractivity contribution in [3.05, 3.63) is 60.7 Å². The topological polar surface area (TPSA) is 81.4 Å². The Hall–Kier alpha value is -3.74. The lowest BCUT2D eigenvalue weighted by Crippen LogP contribution is -2.24. The molecule has 4 aromatic rings. The van der Waals surface area contributed by atoms with E-state index in [4.69, 9.17) is 9.72 Å². The van der Waals surface area contributed by atoms with Crippen LogP contribution in [0.3, 0.4) is 0 Å². The Morgan fingerprint density at radius 3 is 2.93 bits per heavy atom. The first kappa shape index (κ1) is 15.5. The molecule has 5 rings (SSSR count). The number of aryl methyl sites for hydroxylation is 1. The van der Waals surface area contributed by atoms with Crippen LogP contribution in [0.5, 0.6) is 5.75 Å². The first-order valence-corrected chi connectivity index (χ1v) is 8.54. The van der Waals surface area contributed by atoms with E-state index in [9.17, 15) is 4.79 Å². The molecule has 0 amide bonds. The lowest BCUT2D eigenvalue weighted by Gasteiger charge is -2.18. The minimum absolute atomic E-state index is 0.152. The van der Waals surface area contributed by atoms with Gasteiger partial charge in [-0.25, -0.2) is 14.8 Å². The maximum absolute atomic E-state index is 11.5. The summed E-state index contributed by atoms with van der Waals surface area (Å²) in [6.07, 6.45) is 5.46. The van der Waals surface area contributed by atoms with Crippen molar-refractivity contribution in [2.45, 2.75) is 6.92 Å². The first-order chi connectivity index (χ1) is 13.2. The number of anilines is 1. The van der Waals surface area contributed by atoms with Crippen molar-refractivity contribution >= 4 is 17.4 Å². The molecule has 0 atom stereocenters. The number of aromatic nitrogens is 4. The third kappa shape index (κ3) is 2.60. The number of nitrogens with one attached hydrogen (secondary N) is 1. The standard InChI is InChI=1S/C20H15N5O2/c1-12-9-14(5-7-21-12)19-18(24-20-22-6-2-8-25(19)20)13-3-4-16-15(10-13)23-11-17(26)27-16/h2-10,23H,11H2,1H3. The molecule has 0 aliphatic carbocycles. The Balaban J connectivity index is 1.74. The number of fused-ring (bicyclic) bond motifs is 2. The number of pyridine rings is 1. The Labute approximate surface area is 154 Å². The van der Waals surface area contributed by atoms with E-state index in [0.29, 0.717) is 11.5 Å². The Morgan fingerprint density at radius 2 is 2.04 bits per heavy atom. The van der Waals surface area contributed by atoms with Crippen molar-refractivity contribution in [2.24, 2.45) is 0 Å². The molecule has 1 aliphatic heterocycles.